The van der Waals surface area contributed by atoms with Gasteiger partial charge in [0, 0.05) is 5.02 Å². The lowest BCUT2D eigenvalue weighted by Gasteiger charge is -2.27. The van der Waals surface area contributed by atoms with Crippen LogP contribution in [0.4, 0.5) is 14.9 Å². The molecule has 4 rings (SSSR count). The van der Waals surface area contributed by atoms with E-state index in [2.05, 4.69) is 5.32 Å². The number of nitrogens with zero attached hydrogens (tertiary/aromatic N) is 1. The van der Waals surface area contributed by atoms with E-state index in [9.17, 15) is 18.8 Å². The van der Waals surface area contributed by atoms with Crippen LogP contribution in [0.5, 0.6) is 11.5 Å². The predicted molar refractivity (Wildman–Crippen MR) is 129 cm³/mol. The first kappa shape index (κ1) is 24.0. The summed E-state index contributed by atoms with van der Waals surface area (Å²) in [6, 6.07) is 14.7. The number of ether oxygens (including phenoxy) is 2. The molecule has 1 aliphatic rings. The highest BCUT2D eigenvalue weighted by molar-refractivity contribution is 6.39. The van der Waals surface area contributed by atoms with E-state index in [4.69, 9.17) is 21.1 Å². The van der Waals surface area contributed by atoms with E-state index in [1.165, 1.54) is 31.4 Å². The summed E-state index contributed by atoms with van der Waals surface area (Å²) in [4.78, 5) is 39.0. The number of benzene rings is 3. The number of rotatable bonds is 6. The molecule has 0 saturated carbocycles. The predicted octanol–water partition coefficient (Wildman–Crippen LogP) is 5.04. The topological polar surface area (TPSA) is 84.9 Å². The number of hydrogen-bond acceptors (Lipinski definition) is 5. The van der Waals surface area contributed by atoms with E-state index >= 15 is 0 Å². The fourth-order valence-corrected chi connectivity index (χ4v) is 3.67. The van der Waals surface area contributed by atoms with E-state index in [1.807, 2.05) is 0 Å². The Morgan fingerprint density at radius 3 is 2.46 bits per heavy atom. The first-order chi connectivity index (χ1) is 16.8. The molecule has 1 fully saturated rings. The van der Waals surface area contributed by atoms with E-state index < -0.39 is 17.8 Å². The molecule has 0 radical (unpaired) electrons. The number of aryl methyl sites for hydroxylation is 1. The number of urea groups is 1. The summed E-state index contributed by atoms with van der Waals surface area (Å²) >= 11 is 6.05. The number of barbiturate groups is 1. The Hall–Kier alpha value is -4.17. The van der Waals surface area contributed by atoms with Crippen molar-refractivity contribution in [2.45, 2.75) is 13.5 Å². The second-order valence-electron chi connectivity index (χ2n) is 7.71. The minimum absolute atomic E-state index is 0.189. The van der Waals surface area contributed by atoms with Crippen LogP contribution >= 0.6 is 11.6 Å². The maximum atomic E-state index is 13.2. The molecule has 0 aliphatic carbocycles. The molecule has 1 aliphatic heterocycles. The summed E-state index contributed by atoms with van der Waals surface area (Å²) in [5.74, 6) is -1.14. The highest BCUT2D eigenvalue weighted by Crippen LogP contribution is 2.31. The van der Waals surface area contributed by atoms with Crippen molar-refractivity contribution in [3.05, 3.63) is 93.8 Å². The second-order valence-corrected chi connectivity index (χ2v) is 8.15. The molecule has 4 amide bonds. The van der Waals surface area contributed by atoms with Gasteiger partial charge in [0.15, 0.2) is 11.5 Å². The van der Waals surface area contributed by atoms with E-state index in [1.54, 1.807) is 49.4 Å². The standard InChI is InChI=1S/C26H20ClFN2O5/c1-15-3-7-18(27)13-21(15)30-25(32)20(24(31)29-26(30)33)11-17-6-10-22(23(12-17)34-2)35-14-16-4-8-19(28)9-5-16/h3-13H,14H2,1-2H3,(H,29,31,33)/b20-11+. The summed E-state index contributed by atoms with van der Waals surface area (Å²) in [7, 11) is 1.46. The molecule has 35 heavy (non-hydrogen) atoms. The lowest BCUT2D eigenvalue weighted by atomic mass is 10.1. The van der Waals surface area contributed by atoms with E-state index in [0.29, 0.717) is 27.6 Å². The van der Waals surface area contributed by atoms with Crippen LogP contribution in [0.15, 0.2) is 66.2 Å². The molecule has 0 bridgehead atoms. The van der Waals surface area contributed by atoms with Gasteiger partial charge in [-0.1, -0.05) is 35.9 Å². The summed E-state index contributed by atoms with van der Waals surface area (Å²) in [5.41, 5.74) is 1.93. The summed E-state index contributed by atoms with van der Waals surface area (Å²) in [6.45, 7) is 1.91. The quantitative estimate of drug-likeness (QED) is 0.383. The van der Waals surface area contributed by atoms with Crippen molar-refractivity contribution >= 4 is 41.2 Å². The molecule has 0 unspecified atom stereocenters. The van der Waals surface area contributed by atoms with Gasteiger partial charge in [-0.05, 0) is 66.1 Å². The van der Waals surface area contributed by atoms with Gasteiger partial charge in [-0.2, -0.15) is 0 Å². The molecule has 9 heteroatoms. The van der Waals surface area contributed by atoms with Crippen molar-refractivity contribution in [3.63, 3.8) is 0 Å². The minimum atomic E-state index is -0.857. The lowest BCUT2D eigenvalue weighted by Crippen LogP contribution is -2.54. The number of nitrogens with one attached hydrogen (secondary N) is 1. The largest absolute Gasteiger partial charge is 0.493 e. The SMILES string of the molecule is COc1cc(/C=C2\C(=O)NC(=O)N(c3cc(Cl)ccc3C)C2=O)ccc1OCc1ccc(F)cc1. The van der Waals surface area contributed by atoms with Crippen LogP contribution in [0.1, 0.15) is 16.7 Å². The van der Waals surface area contributed by atoms with Crippen molar-refractivity contribution in [1.29, 1.82) is 0 Å². The van der Waals surface area contributed by atoms with Crippen LogP contribution in [0, 0.1) is 12.7 Å². The summed E-state index contributed by atoms with van der Waals surface area (Å²) in [6.07, 6.45) is 1.36. The third kappa shape index (κ3) is 5.17. The number of methoxy groups -OCH3 is 1. The molecular weight excluding hydrogens is 475 g/mol. The third-order valence-electron chi connectivity index (χ3n) is 5.32. The van der Waals surface area contributed by atoms with Crippen LogP contribution in [0.3, 0.4) is 0 Å². The van der Waals surface area contributed by atoms with E-state index in [-0.39, 0.29) is 23.7 Å². The Morgan fingerprint density at radius 1 is 1.00 bits per heavy atom. The lowest BCUT2D eigenvalue weighted by molar-refractivity contribution is -0.122. The number of carbonyl (C=O) groups is 3. The zero-order chi connectivity index (χ0) is 25.1. The van der Waals surface area contributed by atoms with Crippen molar-refractivity contribution in [2.75, 3.05) is 12.0 Å². The molecule has 1 saturated heterocycles. The fraction of sp³-hybridized carbons (Fsp3) is 0.115. The van der Waals surface area contributed by atoms with Crippen LogP contribution in [0.25, 0.3) is 6.08 Å². The molecule has 0 atom stereocenters. The Bertz CT molecular complexity index is 1350. The summed E-state index contributed by atoms with van der Waals surface area (Å²) < 4.78 is 24.3. The normalized spacial score (nSPS) is 14.8. The minimum Gasteiger partial charge on any atom is -0.493 e. The van der Waals surface area contributed by atoms with Gasteiger partial charge in [0.1, 0.15) is 18.0 Å². The molecule has 1 heterocycles. The molecule has 1 N–H and O–H groups in total. The number of anilines is 1. The number of carbonyl (C=O) groups excluding carboxylic acids is 3. The zero-order valence-corrected chi connectivity index (χ0v) is 19.6. The van der Waals surface area contributed by atoms with Gasteiger partial charge in [0.2, 0.25) is 0 Å². The average Bonchev–Trinajstić information content (AvgIpc) is 2.83. The first-order valence-electron chi connectivity index (χ1n) is 10.5. The Balaban J connectivity index is 1.61. The smallest absolute Gasteiger partial charge is 0.335 e. The Labute approximate surface area is 205 Å². The highest BCUT2D eigenvalue weighted by atomic mass is 35.5. The van der Waals surface area contributed by atoms with E-state index in [0.717, 1.165) is 10.5 Å². The maximum Gasteiger partial charge on any atom is 0.335 e. The average molecular weight is 495 g/mol. The van der Waals surface area contributed by atoms with Gasteiger partial charge in [-0.3, -0.25) is 14.9 Å². The van der Waals surface area contributed by atoms with Crippen molar-refractivity contribution in [2.24, 2.45) is 0 Å². The molecule has 3 aromatic carbocycles. The maximum absolute atomic E-state index is 13.2. The van der Waals surface area contributed by atoms with Gasteiger partial charge in [-0.15, -0.1) is 0 Å². The third-order valence-corrected chi connectivity index (χ3v) is 5.56. The molecule has 178 valence electrons. The second kappa shape index (κ2) is 9.99. The number of imide groups is 2. The van der Waals surface area contributed by atoms with Crippen molar-refractivity contribution in [1.82, 2.24) is 5.32 Å². The number of halogens is 2. The van der Waals surface area contributed by atoms with Crippen LogP contribution < -0.4 is 19.7 Å². The molecule has 0 spiro atoms. The summed E-state index contributed by atoms with van der Waals surface area (Å²) in [5, 5.41) is 2.53. The first-order valence-corrected chi connectivity index (χ1v) is 10.9. The van der Waals surface area contributed by atoms with Crippen molar-refractivity contribution < 1.29 is 28.2 Å². The Kier molecular flexibility index (Phi) is 6.84. The van der Waals surface area contributed by atoms with Crippen LogP contribution in [-0.4, -0.2) is 25.0 Å². The van der Waals surface area contributed by atoms with Gasteiger partial charge in [0.25, 0.3) is 11.8 Å². The van der Waals surface area contributed by atoms with Gasteiger partial charge in [-0.25, -0.2) is 14.1 Å². The molecular formula is C26H20ClFN2O5. The highest BCUT2D eigenvalue weighted by Gasteiger charge is 2.37. The zero-order valence-electron chi connectivity index (χ0n) is 18.8. The monoisotopic (exact) mass is 494 g/mol. The van der Waals surface area contributed by atoms with Gasteiger partial charge in [0.05, 0.1) is 12.8 Å². The molecule has 7 nitrogen and oxygen atoms in total. The van der Waals surface area contributed by atoms with Gasteiger partial charge < -0.3 is 9.47 Å². The number of hydrogen-bond donors (Lipinski definition) is 1. The van der Waals surface area contributed by atoms with Crippen LogP contribution in [0.2, 0.25) is 5.02 Å². The van der Waals surface area contributed by atoms with Crippen LogP contribution in [-0.2, 0) is 16.2 Å². The van der Waals surface area contributed by atoms with Gasteiger partial charge >= 0.3 is 6.03 Å². The fourth-order valence-electron chi connectivity index (χ4n) is 3.50. The number of amides is 4. The molecule has 3 aromatic rings. The van der Waals surface area contributed by atoms with Crippen molar-refractivity contribution in [3.8, 4) is 11.5 Å². The molecule has 0 aromatic heterocycles. The Morgan fingerprint density at radius 2 is 1.74 bits per heavy atom.